The van der Waals surface area contributed by atoms with Crippen LogP contribution in [-0.2, 0) is 0 Å². The number of nitrogen functional groups attached to an aromatic ring is 1. The number of aromatic nitrogens is 3. The van der Waals surface area contributed by atoms with Crippen molar-refractivity contribution in [2.45, 2.75) is 18.9 Å². The number of pyridine rings is 1. The topological polar surface area (TPSA) is 56.7 Å². The maximum absolute atomic E-state index is 6.25. The lowest BCUT2D eigenvalue weighted by Crippen LogP contribution is -2.01. The molecule has 2 heterocycles. The minimum absolute atomic E-state index is 0.483. The fourth-order valence-electron chi connectivity index (χ4n) is 2.57. The zero-order valence-electron chi connectivity index (χ0n) is 11.1. The molecule has 0 saturated heterocycles. The molecule has 1 aliphatic rings. The minimum Gasteiger partial charge on any atom is -0.397 e. The quantitative estimate of drug-likeness (QED) is 0.634. The summed E-state index contributed by atoms with van der Waals surface area (Å²) in [7, 11) is 0. The van der Waals surface area contributed by atoms with Crippen molar-refractivity contribution in [3.63, 3.8) is 0 Å². The van der Waals surface area contributed by atoms with E-state index in [9.17, 15) is 0 Å². The predicted octanol–water partition coefficient (Wildman–Crippen LogP) is 4.54. The zero-order valence-corrected chi connectivity index (χ0v) is 14.2. The Hall–Kier alpha value is -1.40. The number of nitrogens with two attached hydrogens (primary N) is 1. The van der Waals surface area contributed by atoms with Crippen molar-refractivity contribution < 1.29 is 0 Å². The molecule has 0 radical (unpaired) electrons. The lowest BCUT2D eigenvalue weighted by molar-refractivity contribution is 0.766. The Morgan fingerprint density at radius 2 is 2.05 bits per heavy atom. The lowest BCUT2D eigenvalue weighted by Gasteiger charge is -2.11. The Morgan fingerprint density at radius 1 is 1.24 bits per heavy atom. The zero-order chi connectivity index (χ0) is 14.6. The van der Waals surface area contributed by atoms with Gasteiger partial charge in [0.15, 0.2) is 5.65 Å². The molecule has 3 aromatic rings. The van der Waals surface area contributed by atoms with Gasteiger partial charge in [-0.25, -0.2) is 9.97 Å². The number of nitrogens with zero attached hydrogens (tertiary/aromatic N) is 3. The van der Waals surface area contributed by atoms with Crippen LogP contribution in [0.4, 0.5) is 5.69 Å². The van der Waals surface area contributed by atoms with E-state index in [1.807, 2.05) is 30.5 Å². The van der Waals surface area contributed by atoms with E-state index in [2.05, 4.69) is 41.4 Å². The third-order valence-corrected chi connectivity index (χ3v) is 4.81. The number of hydrogen-bond donors (Lipinski definition) is 1. The summed E-state index contributed by atoms with van der Waals surface area (Å²) in [5, 5.41) is 0. The van der Waals surface area contributed by atoms with E-state index >= 15 is 0 Å². The van der Waals surface area contributed by atoms with E-state index in [1.165, 1.54) is 12.8 Å². The summed E-state index contributed by atoms with van der Waals surface area (Å²) in [6.07, 6.45) is 4.15. The molecule has 0 aliphatic heterocycles. The van der Waals surface area contributed by atoms with E-state index < -0.39 is 0 Å². The van der Waals surface area contributed by atoms with Crippen molar-refractivity contribution in [1.29, 1.82) is 0 Å². The van der Waals surface area contributed by atoms with Gasteiger partial charge in [-0.1, -0.05) is 15.9 Å². The fraction of sp³-hybridized carbons (Fsp3) is 0.200. The Labute approximate surface area is 138 Å². The van der Waals surface area contributed by atoms with Crippen LogP contribution in [0.1, 0.15) is 18.9 Å². The predicted molar refractivity (Wildman–Crippen MR) is 91.0 cm³/mol. The first kappa shape index (κ1) is 13.3. The molecule has 1 aromatic carbocycles. The van der Waals surface area contributed by atoms with Gasteiger partial charge in [0, 0.05) is 26.7 Å². The van der Waals surface area contributed by atoms with Gasteiger partial charge in [-0.15, -0.1) is 0 Å². The molecule has 0 unspecified atom stereocenters. The highest BCUT2D eigenvalue weighted by atomic mass is 79.9. The highest BCUT2D eigenvalue weighted by Gasteiger charge is 2.30. The van der Waals surface area contributed by atoms with Crippen molar-refractivity contribution in [3.05, 3.63) is 39.4 Å². The van der Waals surface area contributed by atoms with Crippen LogP contribution in [-0.4, -0.2) is 14.5 Å². The number of anilines is 1. The van der Waals surface area contributed by atoms with Crippen molar-refractivity contribution in [2.75, 3.05) is 5.73 Å². The van der Waals surface area contributed by atoms with Crippen LogP contribution >= 0.6 is 31.9 Å². The molecule has 21 heavy (non-hydrogen) atoms. The van der Waals surface area contributed by atoms with Crippen LogP contribution in [0.15, 0.2) is 39.4 Å². The number of fused-ring (bicyclic) bond motifs is 1. The first-order valence-corrected chi connectivity index (χ1v) is 8.31. The average Bonchev–Trinajstić information content (AvgIpc) is 3.23. The van der Waals surface area contributed by atoms with Gasteiger partial charge < -0.3 is 10.3 Å². The van der Waals surface area contributed by atoms with E-state index in [4.69, 9.17) is 10.7 Å². The van der Waals surface area contributed by atoms with Gasteiger partial charge in [0.25, 0.3) is 0 Å². The van der Waals surface area contributed by atoms with Gasteiger partial charge in [-0.05, 0) is 53.0 Å². The molecule has 0 atom stereocenters. The number of halogens is 2. The maximum Gasteiger partial charge on any atom is 0.160 e. The standard InChI is InChI=1S/C15H12Br2N4/c16-8-6-10(13(18)11(17)7-8)14-20-12-2-1-5-19-15(12)21(14)9-3-4-9/h1-2,5-7,9H,3-4,18H2. The van der Waals surface area contributed by atoms with Crippen LogP contribution in [0.3, 0.4) is 0 Å². The third-order valence-electron chi connectivity index (χ3n) is 3.70. The van der Waals surface area contributed by atoms with Gasteiger partial charge in [0.1, 0.15) is 11.3 Å². The second-order valence-corrected chi connectivity index (χ2v) is 7.00. The number of hydrogen-bond acceptors (Lipinski definition) is 3. The van der Waals surface area contributed by atoms with Crippen LogP contribution in [0, 0.1) is 0 Å². The van der Waals surface area contributed by atoms with Gasteiger partial charge in [-0.2, -0.15) is 0 Å². The molecule has 0 bridgehead atoms. The highest BCUT2D eigenvalue weighted by Crippen LogP contribution is 2.43. The van der Waals surface area contributed by atoms with Crippen LogP contribution in [0.5, 0.6) is 0 Å². The number of benzene rings is 1. The van der Waals surface area contributed by atoms with Crippen molar-refractivity contribution in [2.24, 2.45) is 0 Å². The molecular weight excluding hydrogens is 396 g/mol. The van der Waals surface area contributed by atoms with Crippen LogP contribution in [0.25, 0.3) is 22.6 Å². The summed E-state index contributed by atoms with van der Waals surface area (Å²) in [6, 6.07) is 8.35. The fourth-order valence-corrected chi connectivity index (χ4v) is 3.79. The minimum atomic E-state index is 0.483. The second kappa shape index (κ2) is 4.81. The van der Waals surface area contributed by atoms with Crippen LogP contribution < -0.4 is 5.73 Å². The van der Waals surface area contributed by atoms with Crippen molar-refractivity contribution in [1.82, 2.24) is 14.5 Å². The van der Waals surface area contributed by atoms with E-state index in [-0.39, 0.29) is 0 Å². The number of rotatable bonds is 2. The smallest absolute Gasteiger partial charge is 0.160 e. The molecular formula is C15H12Br2N4. The van der Waals surface area contributed by atoms with Crippen molar-refractivity contribution >= 4 is 48.7 Å². The van der Waals surface area contributed by atoms with Crippen molar-refractivity contribution in [3.8, 4) is 11.4 Å². The van der Waals surface area contributed by atoms with Crippen LogP contribution in [0.2, 0.25) is 0 Å². The summed E-state index contributed by atoms with van der Waals surface area (Å²) in [6.45, 7) is 0. The molecule has 4 rings (SSSR count). The lowest BCUT2D eigenvalue weighted by atomic mass is 10.1. The van der Waals surface area contributed by atoms with E-state index in [1.54, 1.807) is 0 Å². The molecule has 4 nitrogen and oxygen atoms in total. The summed E-state index contributed by atoms with van der Waals surface area (Å²) in [5.41, 5.74) is 9.74. The Kier molecular flexibility index (Phi) is 3.04. The summed E-state index contributed by atoms with van der Waals surface area (Å²) in [5.74, 6) is 0.894. The molecule has 2 N–H and O–H groups in total. The van der Waals surface area contributed by atoms with E-state index in [0.717, 1.165) is 31.5 Å². The molecule has 0 amide bonds. The molecule has 6 heteroatoms. The molecule has 2 aromatic heterocycles. The van der Waals surface area contributed by atoms with E-state index in [0.29, 0.717) is 11.7 Å². The summed E-state index contributed by atoms with van der Waals surface area (Å²) >= 11 is 7.03. The highest BCUT2D eigenvalue weighted by molar-refractivity contribution is 9.11. The molecule has 1 fully saturated rings. The second-order valence-electron chi connectivity index (χ2n) is 5.23. The normalized spacial score (nSPS) is 14.8. The molecule has 1 aliphatic carbocycles. The largest absolute Gasteiger partial charge is 0.397 e. The van der Waals surface area contributed by atoms with Gasteiger partial charge in [0.2, 0.25) is 0 Å². The van der Waals surface area contributed by atoms with Gasteiger partial charge in [0.05, 0.1) is 5.69 Å². The maximum atomic E-state index is 6.25. The molecule has 106 valence electrons. The average molecular weight is 408 g/mol. The van der Waals surface area contributed by atoms with Gasteiger partial charge >= 0.3 is 0 Å². The summed E-state index contributed by atoms with van der Waals surface area (Å²) in [4.78, 5) is 9.27. The summed E-state index contributed by atoms with van der Waals surface area (Å²) < 4.78 is 4.06. The Balaban J connectivity index is 2.05. The Bertz CT molecular complexity index is 852. The van der Waals surface area contributed by atoms with Gasteiger partial charge in [-0.3, -0.25) is 0 Å². The first-order valence-electron chi connectivity index (χ1n) is 6.73. The Morgan fingerprint density at radius 3 is 2.81 bits per heavy atom. The number of imidazole rings is 1. The third kappa shape index (κ3) is 2.17. The molecule has 1 saturated carbocycles. The molecule has 0 spiro atoms. The SMILES string of the molecule is Nc1c(Br)cc(Br)cc1-c1nc2cccnc2n1C1CC1. The first-order chi connectivity index (χ1) is 10.1. The monoisotopic (exact) mass is 406 g/mol.